The predicted molar refractivity (Wildman–Crippen MR) is 94.5 cm³/mol. The second-order valence-electron chi connectivity index (χ2n) is 6.84. The average Bonchev–Trinajstić information content (AvgIpc) is 3.03. The van der Waals surface area contributed by atoms with Crippen LogP contribution >= 0.6 is 11.3 Å². The van der Waals surface area contributed by atoms with E-state index < -0.39 is 4.92 Å². The van der Waals surface area contributed by atoms with Crippen molar-refractivity contribution in [3.05, 3.63) is 39.3 Å². The van der Waals surface area contributed by atoms with Crippen LogP contribution in [0.3, 0.4) is 0 Å². The molecule has 0 bridgehead atoms. The van der Waals surface area contributed by atoms with E-state index >= 15 is 0 Å². The number of hydrogen-bond acceptors (Lipinski definition) is 4. The van der Waals surface area contributed by atoms with E-state index in [1.54, 1.807) is 12.1 Å². The highest BCUT2D eigenvalue weighted by atomic mass is 32.1. The molecule has 2 atom stereocenters. The van der Waals surface area contributed by atoms with E-state index in [4.69, 9.17) is 0 Å². The molecule has 1 saturated heterocycles. The van der Waals surface area contributed by atoms with Crippen LogP contribution in [0, 0.1) is 16.0 Å². The van der Waals surface area contributed by atoms with Crippen molar-refractivity contribution < 1.29 is 9.72 Å². The number of rotatable bonds is 2. The molecule has 5 nitrogen and oxygen atoms in total. The lowest BCUT2D eigenvalue weighted by Gasteiger charge is -2.44. The minimum absolute atomic E-state index is 0.0737. The standard InChI is InChI=1S/C18H20N2O3S/c21-18(19-9-3-5-12-4-1-2-6-15(12)19)17-11-13-10-14(20(22)23)7-8-16(13)24-17/h7-8,10-12,15H,1-6,9H2/t12-,15+/m0/s1. The largest absolute Gasteiger partial charge is 0.335 e. The van der Waals surface area contributed by atoms with Gasteiger partial charge < -0.3 is 4.90 Å². The molecule has 1 aromatic heterocycles. The smallest absolute Gasteiger partial charge is 0.270 e. The Morgan fingerprint density at radius 2 is 1.96 bits per heavy atom. The Kier molecular flexibility index (Phi) is 4.00. The van der Waals surface area contributed by atoms with E-state index in [0.29, 0.717) is 16.8 Å². The van der Waals surface area contributed by atoms with Gasteiger partial charge in [0.05, 0.1) is 9.80 Å². The molecule has 1 amide bonds. The lowest BCUT2D eigenvalue weighted by Crippen LogP contribution is -2.49. The van der Waals surface area contributed by atoms with Crippen molar-refractivity contribution in [2.75, 3.05) is 6.54 Å². The number of nitro groups is 1. The van der Waals surface area contributed by atoms with Gasteiger partial charge in [0.25, 0.3) is 11.6 Å². The van der Waals surface area contributed by atoms with Crippen molar-refractivity contribution in [1.29, 1.82) is 0 Å². The predicted octanol–water partition coefficient (Wildman–Crippen LogP) is 4.60. The summed E-state index contributed by atoms with van der Waals surface area (Å²) in [5.41, 5.74) is 0.0737. The van der Waals surface area contributed by atoms with Crippen LogP contribution in [0.4, 0.5) is 5.69 Å². The number of carbonyl (C=O) groups excluding carboxylic acids is 1. The molecule has 0 spiro atoms. The average molecular weight is 344 g/mol. The van der Waals surface area contributed by atoms with Crippen LogP contribution in [-0.4, -0.2) is 28.3 Å². The zero-order valence-electron chi connectivity index (χ0n) is 13.4. The van der Waals surface area contributed by atoms with Gasteiger partial charge in [-0.05, 0) is 43.7 Å². The molecule has 2 heterocycles. The molecule has 126 valence electrons. The van der Waals surface area contributed by atoms with Gasteiger partial charge in [0.2, 0.25) is 0 Å². The highest BCUT2D eigenvalue weighted by molar-refractivity contribution is 7.20. The molecule has 1 saturated carbocycles. The van der Waals surface area contributed by atoms with Gasteiger partial charge in [-0.15, -0.1) is 11.3 Å². The maximum absolute atomic E-state index is 13.0. The summed E-state index contributed by atoms with van der Waals surface area (Å²) >= 11 is 1.45. The summed E-state index contributed by atoms with van der Waals surface area (Å²) in [6, 6.07) is 7.02. The zero-order valence-corrected chi connectivity index (χ0v) is 14.3. The second kappa shape index (κ2) is 6.16. The first-order chi connectivity index (χ1) is 11.6. The van der Waals surface area contributed by atoms with E-state index in [-0.39, 0.29) is 11.6 Å². The monoisotopic (exact) mass is 344 g/mol. The third-order valence-electron chi connectivity index (χ3n) is 5.43. The molecule has 24 heavy (non-hydrogen) atoms. The molecule has 0 unspecified atom stereocenters. The number of nitrogens with zero attached hydrogens (tertiary/aromatic N) is 2. The van der Waals surface area contributed by atoms with Crippen LogP contribution in [0.1, 0.15) is 48.2 Å². The zero-order chi connectivity index (χ0) is 16.7. The van der Waals surface area contributed by atoms with Crippen molar-refractivity contribution in [3.8, 4) is 0 Å². The first-order valence-corrected chi connectivity index (χ1v) is 9.44. The van der Waals surface area contributed by atoms with E-state index in [1.165, 1.54) is 43.1 Å². The number of likely N-dealkylation sites (tertiary alicyclic amines) is 1. The van der Waals surface area contributed by atoms with Crippen LogP contribution in [0.25, 0.3) is 10.1 Å². The van der Waals surface area contributed by atoms with Crippen LogP contribution in [0.15, 0.2) is 24.3 Å². The van der Waals surface area contributed by atoms with E-state index in [2.05, 4.69) is 4.90 Å². The summed E-state index contributed by atoms with van der Waals surface area (Å²) in [6.45, 7) is 0.842. The van der Waals surface area contributed by atoms with Crippen molar-refractivity contribution in [1.82, 2.24) is 4.90 Å². The summed E-state index contributed by atoms with van der Waals surface area (Å²) in [7, 11) is 0. The van der Waals surface area contributed by atoms with Gasteiger partial charge in [-0.1, -0.05) is 12.8 Å². The van der Waals surface area contributed by atoms with Crippen molar-refractivity contribution in [2.24, 2.45) is 5.92 Å². The van der Waals surface area contributed by atoms with Crippen molar-refractivity contribution in [3.63, 3.8) is 0 Å². The van der Waals surface area contributed by atoms with Crippen LogP contribution < -0.4 is 0 Å². The van der Waals surface area contributed by atoms with Gasteiger partial charge in [-0.2, -0.15) is 0 Å². The minimum atomic E-state index is -0.393. The Labute approximate surface area is 144 Å². The molecular weight excluding hydrogens is 324 g/mol. The number of fused-ring (bicyclic) bond motifs is 2. The molecule has 1 aliphatic carbocycles. The maximum Gasteiger partial charge on any atom is 0.270 e. The van der Waals surface area contributed by atoms with Gasteiger partial charge in [0.1, 0.15) is 0 Å². The molecule has 1 aliphatic heterocycles. The second-order valence-corrected chi connectivity index (χ2v) is 7.93. The first-order valence-electron chi connectivity index (χ1n) is 8.62. The number of amides is 1. The normalized spacial score (nSPS) is 23.9. The van der Waals surface area contributed by atoms with Gasteiger partial charge in [-0.25, -0.2) is 0 Å². The third kappa shape index (κ3) is 2.69. The van der Waals surface area contributed by atoms with Crippen molar-refractivity contribution in [2.45, 2.75) is 44.6 Å². The Morgan fingerprint density at radius 1 is 1.17 bits per heavy atom. The van der Waals surface area contributed by atoms with E-state index in [9.17, 15) is 14.9 Å². The Bertz CT molecular complexity index is 799. The topological polar surface area (TPSA) is 63.4 Å². The third-order valence-corrected chi connectivity index (χ3v) is 6.53. The summed E-state index contributed by atoms with van der Waals surface area (Å²) < 4.78 is 0.932. The fourth-order valence-electron chi connectivity index (χ4n) is 4.27. The molecule has 2 aromatic rings. The van der Waals surface area contributed by atoms with Crippen LogP contribution in [0.5, 0.6) is 0 Å². The number of non-ortho nitro benzene ring substituents is 1. The molecule has 0 N–H and O–H groups in total. The van der Waals surface area contributed by atoms with Crippen molar-refractivity contribution >= 4 is 33.0 Å². The maximum atomic E-state index is 13.0. The molecule has 4 rings (SSSR count). The summed E-state index contributed by atoms with van der Waals surface area (Å²) in [5, 5.41) is 11.7. The highest BCUT2D eigenvalue weighted by Gasteiger charge is 2.36. The Balaban J connectivity index is 1.63. The Hall–Kier alpha value is -1.95. The fourth-order valence-corrected chi connectivity index (χ4v) is 5.27. The summed E-state index contributed by atoms with van der Waals surface area (Å²) in [5.74, 6) is 0.766. The van der Waals surface area contributed by atoms with E-state index in [1.807, 2.05) is 6.07 Å². The first kappa shape index (κ1) is 15.6. The molecule has 2 fully saturated rings. The molecule has 2 aliphatic rings. The van der Waals surface area contributed by atoms with Crippen LogP contribution in [0.2, 0.25) is 0 Å². The number of nitro benzene ring substituents is 1. The quantitative estimate of drug-likeness (QED) is 0.590. The van der Waals surface area contributed by atoms with Gasteiger partial charge >= 0.3 is 0 Å². The molecular formula is C18H20N2O3S. The lowest BCUT2D eigenvalue weighted by atomic mass is 9.78. The van der Waals surface area contributed by atoms with Gasteiger partial charge in [-0.3, -0.25) is 14.9 Å². The summed E-state index contributed by atoms with van der Waals surface area (Å²) in [4.78, 5) is 26.4. The number of hydrogen-bond donors (Lipinski definition) is 0. The number of carbonyl (C=O) groups is 1. The van der Waals surface area contributed by atoms with E-state index in [0.717, 1.165) is 29.5 Å². The van der Waals surface area contributed by atoms with Gasteiger partial charge in [0.15, 0.2) is 0 Å². The highest BCUT2D eigenvalue weighted by Crippen LogP contribution is 2.37. The SMILES string of the molecule is O=C(c1cc2cc([N+](=O)[O-])ccc2s1)N1CCC[C@@H]2CCCC[C@H]21. The fraction of sp³-hybridized carbons (Fsp3) is 0.500. The molecule has 6 heteroatoms. The lowest BCUT2D eigenvalue weighted by molar-refractivity contribution is -0.384. The van der Waals surface area contributed by atoms with Crippen LogP contribution in [-0.2, 0) is 0 Å². The molecule has 0 radical (unpaired) electrons. The molecule has 1 aromatic carbocycles. The summed E-state index contributed by atoms with van der Waals surface area (Å²) in [6.07, 6.45) is 7.19. The Morgan fingerprint density at radius 3 is 2.79 bits per heavy atom. The number of benzene rings is 1. The number of thiophene rings is 1. The minimum Gasteiger partial charge on any atom is -0.335 e. The number of piperidine rings is 1. The van der Waals surface area contributed by atoms with Gasteiger partial charge in [0, 0.05) is 34.8 Å².